The summed E-state index contributed by atoms with van der Waals surface area (Å²) in [5.74, 6) is -6.36. The second-order valence-electron chi connectivity index (χ2n) is 7.40. The minimum Gasteiger partial charge on any atom is -0.312 e. The lowest BCUT2D eigenvalue weighted by Gasteiger charge is -2.16. The van der Waals surface area contributed by atoms with Crippen LogP contribution in [0.15, 0.2) is 35.5 Å². The topological polar surface area (TPSA) is 97.1 Å². The van der Waals surface area contributed by atoms with Gasteiger partial charge in [0.2, 0.25) is 5.82 Å². The zero-order chi connectivity index (χ0) is 22.3. The number of rotatable bonds is 6. The van der Waals surface area contributed by atoms with Crippen molar-refractivity contribution in [3.05, 3.63) is 53.4 Å². The highest BCUT2D eigenvalue weighted by molar-refractivity contribution is 5.88. The molecule has 0 spiro atoms. The first-order valence-electron chi connectivity index (χ1n) is 9.48. The lowest BCUT2D eigenvalue weighted by Crippen LogP contribution is -2.22. The van der Waals surface area contributed by atoms with Crippen LogP contribution in [-0.4, -0.2) is 48.1 Å². The normalized spacial score (nSPS) is 13.6. The Labute approximate surface area is 174 Å². The summed E-state index contributed by atoms with van der Waals surface area (Å²) >= 11 is 0. The Morgan fingerprint density at radius 3 is 2.65 bits per heavy atom. The molecule has 0 aliphatic heterocycles. The molecule has 1 atom stereocenters. The van der Waals surface area contributed by atoms with Gasteiger partial charge in [0.05, 0.1) is 22.7 Å². The Hall–Kier alpha value is -3.63. The fourth-order valence-corrected chi connectivity index (χ4v) is 3.18. The Kier molecular flexibility index (Phi) is 5.03. The van der Waals surface area contributed by atoms with Gasteiger partial charge in [0, 0.05) is 43.2 Å². The molecule has 0 saturated carbocycles. The number of fused-ring (bicyclic) bond motifs is 2. The van der Waals surface area contributed by atoms with Crippen LogP contribution < -0.4 is 0 Å². The van der Waals surface area contributed by atoms with Crippen LogP contribution in [0.3, 0.4) is 0 Å². The van der Waals surface area contributed by atoms with E-state index in [1.807, 2.05) is 13.8 Å². The second kappa shape index (κ2) is 7.56. The number of benzene rings is 1. The van der Waals surface area contributed by atoms with Gasteiger partial charge in [0.1, 0.15) is 5.82 Å². The third kappa shape index (κ3) is 3.66. The average Bonchev–Trinajstić information content (AvgIpc) is 3.29. The predicted molar refractivity (Wildman–Crippen MR) is 110 cm³/mol. The average molecular weight is 428 g/mol. The smallest absolute Gasteiger partial charge is 0.312 e. The molecule has 1 unspecified atom stereocenters. The molecule has 1 N–H and O–H groups in total. The largest absolute Gasteiger partial charge is 0.336 e. The van der Waals surface area contributed by atoms with E-state index in [1.165, 1.54) is 23.2 Å². The molecule has 0 radical (unpaired) electrons. The van der Waals surface area contributed by atoms with Crippen LogP contribution in [0.5, 0.6) is 0 Å². The summed E-state index contributed by atoms with van der Waals surface area (Å²) in [6, 6.07) is 5.06. The molecule has 1 aromatic carbocycles. The van der Waals surface area contributed by atoms with Gasteiger partial charge in [-0.05, 0) is 32.0 Å². The maximum atomic E-state index is 15.4. The van der Waals surface area contributed by atoms with Crippen molar-refractivity contribution < 1.29 is 13.2 Å². The predicted octanol–water partition coefficient (Wildman–Crippen LogP) is 3.50. The molecule has 0 amide bonds. The van der Waals surface area contributed by atoms with E-state index in [0.29, 0.717) is 11.1 Å². The summed E-state index contributed by atoms with van der Waals surface area (Å²) in [5, 5.41) is 23.6. The Balaban J connectivity index is 1.83. The van der Waals surface area contributed by atoms with E-state index < -0.39 is 29.0 Å². The Morgan fingerprint density at radius 2 is 1.94 bits per heavy atom. The number of halogens is 3. The quantitative estimate of drug-likeness (QED) is 0.475. The van der Waals surface area contributed by atoms with Crippen LogP contribution in [0.1, 0.15) is 36.8 Å². The van der Waals surface area contributed by atoms with E-state index >= 15 is 8.78 Å². The van der Waals surface area contributed by atoms with Crippen molar-refractivity contribution in [3.63, 3.8) is 0 Å². The van der Waals surface area contributed by atoms with Gasteiger partial charge in [-0.1, -0.05) is 0 Å². The molecule has 31 heavy (non-hydrogen) atoms. The lowest BCUT2D eigenvalue weighted by atomic mass is 10.0. The molecular formula is C20H19F3N8. The zero-order valence-corrected chi connectivity index (χ0v) is 17.0. The zero-order valence-electron chi connectivity index (χ0n) is 17.0. The van der Waals surface area contributed by atoms with Gasteiger partial charge in [-0.2, -0.15) is 23.5 Å². The van der Waals surface area contributed by atoms with E-state index in [2.05, 4.69) is 25.4 Å². The third-order valence-electron chi connectivity index (χ3n) is 4.68. The van der Waals surface area contributed by atoms with Crippen molar-refractivity contribution in [2.75, 3.05) is 0 Å². The molecule has 0 fully saturated rings. The molecule has 4 rings (SSSR count). The van der Waals surface area contributed by atoms with Crippen LogP contribution in [0.4, 0.5) is 13.2 Å². The molecule has 0 aliphatic rings. The number of aryl methyl sites for hydroxylation is 1. The first-order valence-corrected chi connectivity index (χ1v) is 9.48. The molecule has 3 aromatic heterocycles. The maximum Gasteiger partial charge on any atom is 0.336 e. The van der Waals surface area contributed by atoms with Crippen LogP contribution in [-0.2, 0) is 13.0 Å². The van der Waals surface area contributed by atoms with Gasteiger partial charge in [0.15, 0.2) is 5.65 Å². The monoisotopic (exact) mass is 428 g/mol. The van der Waals surface area contributed by atoms with Crippen molar-refractivity contribution in [2.45, 2.75) is 31.7 Å². The van der Waals surface area contributed by atoms with Crippen molar-refractivity contribution in [1.29, 1.82) is 5.41 Å². The Morgan fingerprint density at radius 1 is 1.16 bits per heavy atom. The SMILES string of the molecule is CC(C)N=CC(C=N)c1ccc2nnc(C(F)(F)c3cc4cn(C)nc4cc3F)n2n1. The molecule has 8 nitrogen and oxygen atoms in total. The summed E-state index contributed by atoms with van der Waals surface area (Å²) in [6.45, 7) is 3.75. The fraction of sp³-hybridized carbons (Fsp3) is 0.300. The van der Waals surface area contributed by atoms with Gasteiger partial charge in [0.25, 0.3) is 0 Å². The van der Waals surface area contributed by atoms with Gasteiger partial charge in [-0.3, -0.25) is 9.67 Å². The van der Waals surface area contributed by atoms with Crippen LogP contribution in [0, 0.1) is 11.2 Å². The molecular weight excluding hydrogens is 409 g/mol. The molecule has 11 heteroatoms. The number of nitrogens with one attached hydrogen (secondary N) is 1. The molecule has 0 saturated heterocycles. The summed E-state index contributed by atoms with van der Waals surface area (Å²) in [4.78, 5) is 4.24. The number of aliphatic imine (C=N–C) groups is 1. The molecule has 4 aromatic rings. The van der Waals surface area contributed by atoms with E-state index in [9.17, 15) is 4.39 Å². The third-order valence-corrected chi connectivity index (χ3v) is 4.68. The summed E-state index contributed by atoms with van der Waals surface area (Å²) < 4.78 is 47.7. The van der Waals surface area contributed by atoms with Crippen molar-refractivity contribution in [3.8, 4) is 0 Å². The maximum absolute atomic E-state index is 15.4. The molecule has 0 aliphatic carbocycles. The summed E-state index contributed by atoms with van der Waals surface area (Å²) in [5.41, 5.74) is -0.193. The van der Waals surface area contributed by atoms with E-state index in [4.69, 9.17) is 5.41 Å². The summed E-state index contributed by atoms with van der Waals surface area (Å²) in [7, 11) is 1.62. The van der Waals surface area contributed by atoms with Gasteiger partial charge < -0.3 is 5.41 Å². The van der Waals surface area contributed by atoms with Crippen LogP contribution in [0.25, 0.3) is 16.6 Å². The first kappa shape index (κ1) is 20.6. The van der Waals surface area contributed by atoms with Crippen LogP contribution >= 0.6 is 0 Å². The van der Waals surface area contributed by atoms with E-state index in [-0.39, 0.29) is 17.2 Å². The van der Waals surface area contributed by atoms with Crippen molar-refractivity contribution in [1.82, 2.24) is 29.6 Å². The lowest BCUT2D eigenvalue weighted by molar-refractivity contribution is 0.0269. The number of alkyl halides is 2. The van der Waals surface area contributed by atoms with Crippen molar-refractivity contribution in [2.24, 2.45) is 12.0 Å². The second-order valence-corrected chi connectivity index (χ2v) is 7.40. The minimum absolute atomic E-state index is 0.00588. The number of hydrogen-bond donors (Lipinski definition) is 1. The fourth-order valence-electron chi connectivity index (χ4n) is 3.18. The van der Waals surface area contributed by atoms with E-state index in [0.717, 1.165) is 22.9 Å². The van der Waals surface area contributed by atoms with Gasteiger partial charge in [-0.15, -0.1) is 10.2 Å². The van der Waals surface area contributed by atoms with Gasteiger partial charge >= 0.3 is 5.92 Å². The molecule has 160 valence electrons. The number of hydrogen-bond acceptors (Lipinski definition) is 6. The number of nitrogens with zero attached hydrogens (tertiary/aromatic N) is 7. The highest BCUT2D eigenvalue weighted by Crippen LogP contribution is 2.37. The highest BCUT2D eigenvalue weighted by Gasteiger charge is 2.42. The highest BCUT2D eigenvalue weighted by atomic mass is 19.3. The summed E-state index contributed by atoms with van der Waals surface area (Å²) in [6.07, 6.45) is 4.16. The van der Waals surface area contributed by atoms with Gasteiger partial charge in [-0.25, -0.2) is 4.39 Å². The first-order chi connectivity index (χ1) is 14.7. The molecule has 0 bridgehead atoms. The van der Waals surface area contributed by atoms with Crippen molar-refractivity contribution >= 4 is 29.0 Å². The van der Waals surface area contributed by atoms with Crippen LogP contribution in [0.2, 0.25) is 0 Å². The molecule has 3 heterocycles. The minimum atomic E-state index is -3.81. The Bertz CT molecular complexity index is 1300. The standard InChI is InChI=1S/C20H19F3N8/c1-11(2)25-9-13(8-24)16-4-5-18-26-27-19(31(18)29-16)20(22,23)14-6-12-10-30(3)28-17(12)7-15(14)21/h4-11,13,24H,1-3H3. The van der Waals surface area contributed by atoms with E-state index in [1.54, 1.807) is 13.1 Å². The number of aromatic nitrogens is 6.